The maximum Gasteiger partial charge on any atom is 0.239 e. The summed E-state index contributed by atoms with van der Waals surface area (Å²) in [7, 11) is 0. The van der Waals surface area contributed by atoms with Gasteiger partial charge in [0.15, 0.2) is 0 Å². The summed E-state index contributed by atoms with van der Waals surface area (Å²) in [4.78, 5) is 23.1. The van der Waals surface area contributed by atoms with Gasteiger partial charge in [-0.05, 0) is 38.5 Å². The predicted octanol–water partition coefficient (Wildman–Crippen LogP) is 2.26. The van der Waals surface area contributed by atoms with Crippen molar-refractivity contribution in [3.8, 4) is 0 Å². The van der Waals surface area contributed by atoms with Crippen LogP contribution < -0.4 is 11.1 Å². The smallest absolute Gasteiger partial charge is 0.239 e. The second-order valence-corrected chi connectivity index (χ2v) is 5.67. The average Bonchev–Trinajstić information content (AvgIpc) is 2.32. The third kappa shape index (κ3) is 3.61. The highest BCUT2D eigenvalue weighted by Crippen LogP contribution is 2.30. The normalized spacial score (nSPS) is 12.9. The van der Waals surface area contributed by atoms with Gasteiger partial charge < -0.3 is 11.1 Å². The molecule has 0 spiro atoms. The number of carbonyl (C=O) groups excluding carboxylic acids is 2. The van der Waals surface area contributed by atoms with Crippen LogP contribution in [0.15, 0.2) is 18.2 Å². The molecule has 0 saturated heterocycles. The molecule has 1 aromatic rings. The molecule has 19 heavy (non-hydrogen) atoms. The van der Waals surface area contributed by atoms with E-state index in [1.54, 1.807) is 32.0 Å². The van der Waals surface area contributed by atoms with Gasteiger partial charge in [-0.3, -0.25) is 9.59 Å². The summed E-state index contributed by atoms with van der Waals surface area (Å²) >= 11 is 11.8. The van der Waals surface area contributed by atoms with Crippen LogP contribution >= 0.6 is 23.2 Å². The van der Waals surface area contributed by atoms with E-state index in [-0.39, 0.29) is 5.91 Å². The number of amides is 2. The van der Waals surface area contributed by atoms with Crippen LogP contribution in [0.5, 0.6) is 0 Å². The summed E-state index contributed by atoms with van der Waals surface area (Å²) in [6.07, 6.45) is 0. The highest BCUT2D eigenvalue weighted by atomic mass is 35.5. The van der Waals surface area contributed by atoms with E-state index in [4.69, 9.17) is 28.9 Å². The maximum absolute atomic E-state index is 12.2. The fraction of sp³-hybridized carbons (Fsp3) is 0.385. The molecule has 0 bridgehead atoms. The van der Waals surface area contributed by atoms with Gasteiger partial charge in [-0.15, -0.1) is 0 Å². The minimum absolute atomic E-state index is 0.308. The third-order valence-electron chi connectivity index (χ3n) is 2.98. The second-order valence-electron chi connectivity index (χ2n) is 4.85. The second kappa shape index (κ2) is 5.80. The highest BCUT2D eigenvalue weighted by molar-refractivity contribution is 6.42. The Bertz CT molecular complexity index is 515. The van der Waals surface area contributed by atoms with Crippen LogP contribution in [0.3, 0.4) is 0 Å². The monoisotopic (exact) mass is 302 g/mol. The van der Waals surface area contributed by atoms with Crippen LogP contribution in [-0.4, -0.2) is 17.9 Å². The number of primary amides is 1. The lowest BCUT2D eigenvalue weighted by Crippen LogP contribution is -2.48. The summed E-state index contributed by atoms with van der Waals surface area (Å²) in [6.45, 7) is 5.00. The molecule has 0 fully saturated rings. The molecule has 4 nitrogen and oxygen atoms in total. The van der Waals surface area contributed by atoms with Crippen LogP contribution in [0.25, 0.3) is 0 Å². The Balaban J connectivity index is 2.99. The van der Waals surface area contributed by atoms with Crippen molar-refractivity contribution in [2.45, 2.75) is 32.2 Å². The van der Waals surface area contributed by atoms with Gasteiger partial charge in [0, 0.05) is 0 Å². The zero-order chi connectivity index (χ0) is 14.8. The number of halogens is 2. The molecule has 6 heteroatoms. The first-order valence-electron chi connectivity index (χ1n) is 5.72. The van der Waals surface area contributed by atoms with Crippen LogP contribution in [0.2, 0.25) is 10.0 Å². The fourth-order valence-electron chi connectivity index (χ4n) is 1.46. The van der Waals surface area contributed by atoms with Gasteiger partial charge >= 0.3 is 0 Å². The standard InChI is InChI=1S/C13H16Cl2N2O2/c1-7(11(16)18)17-12(19)13(2,3)8-4-5-9(14)10(15)6-8/h4-7H,1-3H3,(H2,16,18)(H,17,19). The number of benzene rings is 1. The Kier molecular flexibility index (Phi) is 4.82. The summed E-state index contributed by atoms with van der Waals surface area (Å²) in [5, 5.41) is 3.36. The zero-order valence-electron chi connectivity index (χ0n) is 11.0. The molecule has 104 valence electrons. The molecule has 0 aliphatic carbocycles. The van der Waals surface area contributed by atoms with E-state index in [1.165, 1.54) is 6.92 Å². The van der Waals surface area contributed by atoms with Gasteiger partial charge in [-0.25, -0.2) is 0 Å². The molecule has 0 saturated carbocycles. The lowest BCUT2D eigenvalue weighted by atomic mass is 9.83. The first-order valence-corrected chi connectivity index (χ1v) is 6.47. The van der Waals surface area contributed by atoms with E-state index in [1.807, 2.05) is 0 Å². The third-order valence-corrected chi connectivity index (χ3v) is 3.72. The summed E-state index contributed by atoms with van der Waals surface area (Å²) < 4.78 is 0. The van der Waals surface area contributed by atoms with Gasteiger partial charge in [-0.1, -0.05) is 29.3 Å². The number of hydrogen-bond donors (Lipinski definition) is 2. The summed E-state index contributed by atoms with van der Waals surface area (Å²) in [5.41, 5.74) is 4.97. The minimum Gasteiger partial charge on any atom is -0.368 e. The van der Waals surface area contributed by atoms with Gasteiger partial charge in [0.1, 0.15) is 6.04 Å². The quantitative estimate of drug-likeness (QED) is 0.895. The van der Waals surface area contributed by atoms with Crippen molar-refractivity contribution in [1.29, 1.82) is 0 Å². The van der Waals surface area contributed by atoms with Crippen LogP contribution in [0, 0.1) is 0 Å². The van der Waals surface area contributed by atoms with Gasteiger partial charge in [0.25, 0.3) is 0 Å². The van der Waals surface area contributed by atoms with Crippen molar-refractivity contribution in [3.05, 3.63) is 33.8 Å². The number of rotatable bonds is 4. The van der Waals surface area contributed by atoms with Gasteiger partial charge in [0.05, 0.1) is 15.5 Å². The average molecular weight is 303 g/mol. The Morgan fingerprint density at radius 3 is 2.32 bits per heavy atom. The van der Waals surface area contributed by atoms with E-state index in [2.05, 4.69) is 5.32 Å². The van der Waals surface area contributed by atoms with E-state index in [0.29, 0.717) is 15.6 Å². The van der Waals surface area contributed by atoms with Crippen molar-refractivity contribution in [2.24, 2.45) is 5.73 Å². The number of carbonyl (C=O) groups is 2. The first-order chi connectivity index (χ1) is 8.66. The molecule has 1 rings (SSSR count). The number of hydrogen-bond acceptors (Lipinski definition) is 2. The highest BCUT2D eigenvalue weighted by Gasteiger charge is 2.31. The molecular formula is C13H16Cl2N2O2. The summed E-state index contributed by atoms with van der Waals surface area (Å²) in [5.74, 6) is -0.893. The Labute approximate surface area is 122 Å². The molecule has 1 unspecified atom stereocenters. The van der Waals surface area contributed by atoms with Gasteiger partial charge in [-0.2, -0.15) is 0 Å². The summed E-state index contributed by atoms with van der Waals surface area (Å²) in [6, 6.07) is 4.27. The van der Waals surface area contributed by atoms with E-state index >= 15 is 0 Å². The molecule has 1 aromatic carbocycles. The molecule has 2 amide bonds. The Hall–Kier alpha value is -1.26. The van der Waals surface area contributed by atoms with Crippen molar-refractivity contribution in [2.75, 3.05) is 0 Å². The number of nitrogens with two attached hydrogens (primary N) is 1. The zero-order valence-corrected chi connectivity index (χ0v) is 12.5. The Morgan fingerprint density at radius 2 is 1.84 bits per heavy atom. The minimum atomic E-state index is -0.849. The fourth-order valence-corrected chi connectivity index (χ4v) is 1.76. The Morgan fingerprint density at radius 1 is 1.26 bits per heavy atom. The molecule has 0 heterocycles. The van der Waals surface area contributed by atoms with E-state index in [9.17, 15) is 9.59 Å². The predicted molar refractivity (Wildman–Crippen MR) is 76.3 cm³/mol. The number of nitrogens with one attached hydrogen (secondary N) is 1. The largest absolute Gasteiger partial charge is 0.368 e. The van der Waals surface area contributed by atoms with Crippen molar-refractivity contribution < 1.29 is 9.59 Å². The van der Waals surface area contributed by atoms with Crippen LogP contribution in [-0.2, 0) is 15.0 Å². The van der Waals surface area contributed by atoms with Crippen LogP contribution in [0.1, 0.15) is 26.3 Å². The molecule has 0 aromatic heterocycles. The molecular weight excluding hydrogens is 287 g/mol. The van der Waals surface area contributed by atoms with Crippen LogP contribution in [0.4, 0.5) is 0 Å². The molecule has 0 aliphatic heterocycles. The lowest BCUT2D eigenvalue weighted by molar-refractivity contribution is -0.130. The SMILES string of the molecule is CC(NC(=O)C(C)(C)c1ccc(Cl)c(Cl)c1)C(N)=O. The topological polar surface area (TPSA) is 72.2 Å². The maximum atomic E-state index is 12.2. The van der Waals surface area contributed by atoms with Crippen molar-refractivity contribution >= 4 is 35.0 Å². The lowest BCUT2D eigenvalue weighted by Gasteiger charge is -2.26. The van der Waals surface area contributed by atoms with E-state index in [0.717, 1.165) is 0 Å². The first kappa shape index (κ1) is 15.8. The van der Waals surface area contributed by atoms with Gasteiger partial charge in [0.2, 0.25) is 11.8 Å². The van der Waals surface area contributed by atoms with E-state index < -0.39 is 17.4 Å². The molecule has 1 atom stereocenters. The van der Waals surface area contributed by atoms with Crippen molar-refractivity contribution in [1.82, 2.24) is 5.32 Å². The van der Waals surface area contributed by atoms with Crippen molar-refractivity contribution in [3.63, 3.8) is 0 Å². The molecule has 3 N–H and O–H groups in total. The molecule has 0 aliphatic rings. The molecule has 0 radical (unpaired) electrons.